The molecule has 0 bridgehead atoms. The Morgan fingerprint density at radius 2 is 1.53 bits per heavy atom. The fourth-order valence-corrected chi connectivity index (χ4v) is 5.34. The molecule has 2 aromatic rings. The van der Waals surface area contributed by atoms with Gasteiger partial charge < -0.3 is 4.90 Å². The first kappa shape index (κ1) is 22.9. The van der Waals surface area contributed by atoms with Crippen molar-refractivity contribution in [2.24, 2.45) is 0 Å². The predicted octanol–water partition coefficient (Wildman–Crippen LogP) is 6.44. The summed E-state index contributed by atoms with van der Waals surface area (Å²) in [6, 6.07) is 15.3. The maximum absolute atomic E-state index is 13.6. The van der Waals surface area contributed by atoms with Crippen LogP contribution in [0.3, 0.4) is 0 Å². The van der Waals surface area contributed by atoms with E-state index in [2.05, 4.69) is 11.8 Å². The van der Waals surface area contributed by atoms with Gasteiger partial charge in [0.25, 0.3) is 11.8 Å². The molecule has 2 aliphatic rings. The Morgan fingerprint density at radius 1 is 0.875 bits per heavy atom. The van der Waals surface area contributed by atoms with Crippen LogP contribution in [0.2, 0.25) is 5.02 Å². The van der Waals surface area contributed by atoms with E-state index >= 15 is 0 Å². The van der Waals surface area contributed by atoms with Gasteiger partial charge in [-0.1, -0.05) is 61.7 Å². The van der Waals surface area contributed by atoms with Crippen molar-refractivity contribution < 1.29 is 9.59 Å². The van der Waals surface area contributed by atoms with Gasteiger partial charge in [-0.2, -0.15) is 0 Å². The summed E-state index contributed by atoms with van der Waals surface area (Å²) in [4.78, 5) is 32.0. The third-order valence-corrected chi connectivity index (χ3v) is 7.32. The van der Waals surface area contributed by atoms with E-state index < -0.39 is 0 Å². The zero-order valence-electron chi connectivity index (χ0n) is 18.5. The highest BCUT2D eigenvalue weighted by Gasteiger charge is 2.42. The predicted molar refractivity (Wildman–Crippen MR) is 132 cm³/mol. The lowest BCUT2D eigenvalue weighted by atomic mass is 10.1. The lowest BCUT2D eigenvalue weighted by Crippen LogP contribution is -2.35. The van der Waals surface area contributed by atoms with Gasteiger partial charge >= 0.3 is 0 Å². The van der Waals surface area contributed by atoms with Crippen LogP contribution in [0.5, 0.6) is 0 Å². The average Bonchev–Trinajstić information content (AvgIpc) is 2.97. The summed E-state index contributed by atoms with van der Waals surface area (Å²) in [5.74, 6) is -0.454. The molecule has 0 saturated carbocycles. The van der Waals surface area contributed by atoms with Crippen LogP contribution in [-0.2, 0) is 16.0 Å². The zero-order valence-corrected chi connectivity index (χ0v) is 20.1. The molecule has 2 amide bonds. The van der Waals surface area contributed by atoms with Crippen LogP contribution in [-0.4, -0.2) is 29.8 Å². The Labute approximate surface area is 199 Å². The van der Waals surface area contributed by atoms with Crippen LogP contribution in [0.1, 0.15) is 51.0 Å². The summed E-state index contributed by atoms with van der Waals surface area (Å²) < 4.78 is 0. The Hall–Kier alpha value is -2.24. The van der Waals surface area contributed by atoms with Gasteiger partial charge in [-0.25, -0.2) is 4.90 Å². The monoisotopic (exact) mass is 468 g/mol. The molecule has 0 radical (unpaired) electrons. The second-order valence-corrected chi connectivity index (χ2v) is 9.87. The third-order valence-electron chi connectivity index (χ3n) is 5.99. The number of likely N-dealkylation sites (tertiary alicyclic amines) is 1. The molecule has 2 heterocycles. The number of hydrogen-bond donors (Lipinski definition) is 0. The number of amides is 2. The summed E-state index contributed by atoms with van der Waals surface area (Å²) in [6.45, 7) is 3.79. The Kier molecular flexibility index (Phi) is 7.59. The summed E-state index contributed by atoms with van der Waals surface area (Å²) in [6.07, 6.45) is 7.67. The number of carbonyl (C=O) groups is 2. The summed E-state index contributed by atoms with van der Waals surface area (Å²) in [5, 5.41) is 0.648. The second-order valence-electron chi connectivity index (χ2n) is 8.35. The third kappa shape index (κ3) is 5.05. The minimum absolute atomic E-state index is 0.213. The van der Waals surface area contributed by atoms with Gasteiger partial charge in [-0.05, 0) is 67.6 Å². The van der Waals surface area contributed by atoms with E-state index in [-0.39, 0.29) is 11.8 Å². The van der Waals surface area contributed by atoms with E-state index in [0.717, 1.165) is 62.9 Å². The van der Waals surface area contributed by atoms with Gasteiger partial charge in [-0.3, -0.25) is 9.59 Å². The van der Waals surface area contributed by atoms with Gasteiger partial charge in [0, 0.05) is 23.0 Å². The van der Waals surface area contributed by atoms with Crippen LogP contribution in [0.4, 0.5) is 5.69 Å². The maximum Gasteiger partial charge on any atom is 0.283 e. The fraction of sp³-hybridized carbons (Fsp3) is 0.385. The van der Waals surface area contributed by atoms with Gasteiger partial charge in [-0.15, -0.1) is 0 Å². The molecular weight excluding hydrogens is 440 g/mol. The first-order chi connectivity index (χ1) is 15.6. The SMILES string of the molecule is CCCCc1ccc(N2C(=O)C(Sc3ccc(Cl)cc3)=C(N3CCCCCC3)C2=O)cc1. The molecule has 4 nitrogen and oxygen atoms in total. The summed E-state index contributed by atoms with van der Waals surface area (Å²) in [5.41, 5.74) is 2.41. The number of imide groups is 1. The average molecular weight is 469 g/mol. The fourth-order valence-electron chi connectivity index (χ4n) is 4.21. The molecule has 0 aliphatic carbocycles. The van der Waals surface area contributed by atoms with Crippen LogP contribution in [0.15, 0.2) is 64.0 Å². The van der Waals surface area contributed by atoms with E-state index in [4.69, 9.17) is 11.6 Å². The van der Waals surface area contributed by atoms with Crippen molar-refractivity contribution in [3.63, 3.8) is 0 Å². The highest BCUT2D eigenvalue weighted by atomic mass is 35.5. The van der Waals surface area contributed by atoms with Crippen LogP contribution in [0, 0.1) is 0 Å². The molecule has 2 aromatic carbocycles. The van der Waals surface area contributed by atoms with Crippen LogP contribution >= 0.6 is 23.4 Å². The number of thioether (sulfide) groups is 1. The number of nitrogens with zero attached hydrogens (tertiary/aromatic N) is 2. The molecule has 4 rings (SSSR count). The van der Waals surface area contributed by atoms with Gasteiger partial charge in [0.2, 0.25) is 0 Å². The van der Waals surface area contributed by atoms with Crippen LogP contribution in [0.25, 0.3) is 0 Å². The van der Waals surface area contributed by atoms with Crippen molar-refractivity contribution in [2.45, 2.75) is 56.8 Å². The molecule has 6 heteroatoms. The van der Waals surface area contributed by atoms with Crippen molar-refractivity contribution in [2.75, 3.05) is 18.0 Å². The van der Waals surface area contributed by atoms with Crippen molar-refractivity contribution in [1.29, 1.82) is 0 Å². The minimum atomic E-state index is -0.240. The minimum Gasteiger partial charge on any atom is -0.366 e. The molecular formula is C26H29ClN2O2S. The largest absolute Gasteiger partial charge is 0.366 e. The number of unbranched alkanes of at least 4 members (excludes halogenated alkanes) is 1. The first-order valence-electron chi connectivity index (χ1n) is 11.5. The van der Waals surface area contributed by atoms with E-state index in [9.17, 15) is 9.59 Å². The van der Waals surface area contributed by atoms with Gasteiger partial charge in [0.15, 0.2) is 0 Å². The standard InChI is InChI=1S/C26H29ClN2O2S/c1-2-3-8-19-9-13-21(14-10-19)29-25(30)23(28-17-6-4-5-7-18-28)24(26(29)31)32-22-15-11-20(27)12-16-22/h9-16H,2-8,17-18H2,1H3. The molecule has 168 valence electrons. The number of hydrogen-bond acceptors (Lipinski definition) is 4. The number of halogens is 1. The zero-order chi connectivity index (χ0) is 22.5. The number of rotatable bonds is 7. The van der Waals surface area contributed by atoms with E-state index in [1.807, 2.05) is 48.5 Å². The Morgan fingerprint density at radius 3 is 2.16 bits per heavy atom. The highest BCUT2D eigenvalue weighted by Crippen LogP contribution is 2.39. The number of anilines is 1. The molecule has 2 aliphatic heterocycles. The molecule has 0 N–H and O–H groups in total. The number of carbonyl (C=O) groups excluding carboxylic acids is 2. The summed E-state index contributed by atoms with van der Waals surface area (Å²) in [7, 11) is 0. The molecule has 1 saturated heterocycles. The lowest BCUT2D eigenvalue weighted by molar-refractivity contribution is -0.121. The second kappa shape index (κ2) is 10.6. The molecule has 0 aromatic heterocycles. The lowest BCUT2D eigenvalue weighted by Gasteiger charge is -2.24. The van der Waals surface area contributed by atoms with E-state index in [0.29, 0.717) is 21.3 Å². The topological polar surface area (TPSA) is 40.6 Å². The van der Waals surface area contributed by atoms with Gasteiger partial charge in [0.05, 0.1) is 5.69 Å². The first-order valence-corrected chi connectivity index (χ1v) is 12.7. The maximum atomic E-state index is 13.6. The van der Waals surface area contributed by atoms with Crippen molar-refractivity contribution in [3.8, 4) is 0 Å². The number of benzene rings is 2. The molecule has 0 spiro atoms. The normalized spacial score (nSPS) is 17.3. The Balaban J connectivity index is 1.66. The smallest absolute Gasteiger partial charge is 0.283 e. The van der Waals surface area contributed by atoms with Crippen LogP contribution < -0.4 is 4.90 Å². The molecule has 1 fully saturated rings. The quantitative estimate of drug-likeness (QED) is 0.438. The van der Waals surface area contributed by atoms with Gasteiger partial charge in [0.1, 0.15) is 10.6 Å². The molecule has 32 heavy (non-hydrogen) atoms. The van der Waals surface area contributed by atoms with Crippen molar-refractivity contribution in [1.82, 2.24) is 4.90 Å². The molecule has 0 unspecified atom stereocenters. The van der Waals surface area contributed by atoms with Crippen molar-refractivity contribution in [3.05, 3.63) is 69.7 Å². The number of aryl methyl sites for hydroxylation is 1. The summed E-state index contributed by atoms with van der Waals surface area (Å²) >= 11 is 7.40. The Bertz CT molecular complexity index is 993. The van der Waals surface area contributed by atoms with Crippen molar-refractivity contribution >= 4 is 40.9 Å². The highest BCUT2D eigenvalue weighted by molar-refractivity contribution is 8.04. The van der Waals surface area contributed by atoms with E-state index in [1.54, 1.807) is 0 Å². The van der Waals surface area contributed by atoms with E-state index in [1.165, 1.54) is 22.2 Å². The molecule has 0 atom stereocenters.